The molecule has 12 nitrogen and oxygen atoms in total. The first kappa shape index (κ1) is 28.8. The minimum atomic E-state index is -3.41. The Labute approximate surface area is 255 Å². The molecular formula is C24H32Cl2N8O4P4. The molecule has 1 spiro atoms. The van der Waals surface area contributed by atoms with Gasteiger partial charge in [-0.05, 0) is 34.6 Å². The third-order valence-electron chi connectivity index (χ3n) is 8.11. The van der Waals surface area contributed by atoms with E-state index >= 15 is 0 Å². The fourth-order valence-corrected chi connectivity index (χ4v) is 25.0. The van der Waals surface area contributed by atoms with Crippen molar-refractivity contribution in [2.24, 2.45) is 18.1 Å². The van der Waals surface area contributed by atoms with Crippen molar-refractivity contribution in [1.82, 2.24) is 18.7 Å². The summed E-state index contributed by atoms with van der Waals surface area (Å²) < 4.78 is 56.5. The maximum atomic E-state index is 7.70. The molecule has 0 saturated carbocycles. The third-order valence-corrected chi connectivity index (χ3v) is 23.7. The average Bonchev–Trinajstić information content (AvgIpc) is 3.27. The number of hydrogen-bond donors (Lipinski definition) is 0. The molecular weight excluding hydrogens is 659 g/mol. The summed E-state index contributed by atoms with van der Waals surface area (Å²) in [6.45, 7) is 0.624. The summed E-state index contributed by atoms with van der Waals surface area (Å²) in [6.07, 6.45) is 0. The van der Waals surface area contributed by atoms with Gasteiger partial charge in [-0.1, -0.05) is 36.4 Å². The normalized spacial score (nSPS) is 34.8. The zero-order chi connectivity index (χ0) is 28.4. The third kappa shape index (κ3) is 4.92. The minimum absolute atomic E-state index is 0.554. The summed E-state index contributed by atoms with van der Waals surface area (Å²) in [4.78, 5) is 0. The van der Waals surface area contributed by atoms with Gasteiger partial charge in [0.1, 0.15) is 11.5 Å². The van der Waals surface area contributed by atoms with Crippen molar-refractivity contribution in [2.75, 3.05) is 65.7 Å². The van der Waals surface area contributed by atoms with E-state index in [0.29, 0.717) is 77.2 Å². The Hall–Kier alpha value is -0.700. The van der Waals surface area contributed by atoms with Crippen LogP contribution in [0.3, 0.4) is 0 Å². The van der Waals surface area contributed by atoms with Crippen LogP contribution in [0.4, 0.5) is 0 Å². The number of benzene rings is 2. The molecule has 226 valence electrons. The monoisotopic (exact) mass is 690 g/mol. The maximum absolute atomic E-state index is 7.70. The molecule has 3 bridgehead atoms. The summed E-state index contributed by atoms with van der Waals surface area (Å²) >= 11 is 15.4. The first-order chi connectivity index (χ1) is 20.4. The van der Waals surface area contributed by atoms with Crippen LogP contribution in [0.5, 0.6) is 11.5 Å². The average molecular weight is 691 g/mol. The highest BCUT2D eigenvalue weighted by Gasteiger charge is 2.52. The van der Waals surface area contributed by atoms with Crippen molar-refractivity contribution < 1.29 is 18.5 Å². The fourth-order valence-electron chi connectivity index (χ4n) is 6.13. The van der Waals surface area contributed by atoms with E-state index < -0.39 is 28.6 Å². The predicted molar refractivity (Wildman–Crippen MR) is 169 cm³/mol. The Bertz CT molecular complexity index is 1600. The fraction of sp³-hybridized carbons (Fsp3) is 0.500. The standard InChI is InChI=1S/C24H32Cl2N8O4P4/c25-39-27-41(31-11-15-35-16-12-31,32-13-17-36-18-14-32)28-40(26)30-42(29-39)33(19-21-5-1-3-7-23(21)37-39)9-10-34(42)20-22-6-2-4-8-24(22)38-40/h1-8H,9-20H2. The molecule has 42 heavy (non-hydrogen) atoms. The van der Waals surface area contributed by atoms with Crippen LogP contribution < -0.4 is 9.05 Å². The highest BCUT2D eigenvalue weighted by molar-refractivity contribution is 7.98. The molecule has 2 aromatic carbocycles. The Kier molecular flexibility index (Phi) is 7.51. The van der Waals surface area contributed by atoms with E-state index in [1.807, 2.05) is 36.4 Å². The second-order valence-corrected chi connectivity index (χ2v) is 22.9. The molecule has 6 aliphatic heterocycles. The summed E-state index contributed by atoms with van der Waals surface area (Å²) in [5, 5.41) is 0. The Morgan fingerprint density at radius 3 is 1.38 bits per heavy atom. The number of rotatable bonds is 2. The molecule has 8 rings (SSSR count). The molecule has 18 heteroatoms. The Morgan fingerprint density at radius 2 is 0.929 bits per heavy atom. The van der Waals surface area contributed by atoms with Gasteiger partial charge in [0.25, 0.3) is 0 Å². The summed E-state index contributed by atoms with van der Waals surface area (Å²) in [5.74, 6) is 1.40. The van der Waals surface area contributed by atoms with Crippen LogP contribution in [0.15, 0.2) is 66.6 Å². The number of ether oxygens (including phenoxy) is 2. The number of fused-ring (bicyclic) bond motifs is 3. The van der Waals surface area contributed by atoms with Crippen LogP contribution in [-0.4, -0.2) is 84.4 Å². The van der Waals surface area contributed by atoms with Gasteiger partial charge < -0.3 is 18.5 Å². The molecule has 2 aromatic rings. The van der Waals surface area contributed by atoms with Crippen molar-refractivity contribution in [3.63, 3.8) is 0 Å². The highest BCUT2D eigenvalue weighted by Crippen LogP contribution is 2.85. The molecule has 0 N–H and O–H groups in total. The van der Waals surface area contributed by atoms with Crippen LogP contribution in [-0.2, 0) is 22.6 Å². The van der Waals surface area contributed by atoms with Gasteiger partial charge in [-0.25, -0.2) is 18.7 Å². The number of hydrogen-bond acceptors (Lipinski definition) is 12. The van der Waals surface area contributed by atoms with Crippen LogP contribution >= 0.6 is 51.1 Å². The van der Waals surface area contributed by atoms with E-state index in [-0.39, 0.29) is 0 Å². The zero-order valence-corrected chi connectivity index (χ0v) is 27.9. The second-order valence-electron chi connectivity index (χ2n) is 10.7. The van der Waals surface area contributed by atoms with Crippen molar-refractivity contribution >= 4 is 51.1 Å². The zero-order valence-electron chi connectivity index (χ0n) is 22.9. The first-order valence-corrected chi connectivity index (χ1v) is 22.3. The van der Waals surface area contributed by atoms with Crippen LogP contribution in [0.2, 0.25) is 0 Å². The second kappa shape index (κ2) is 11.0. The van der Waals surface area contributed by atoms with Crippen molar-refractivity contribution in [1.29, 1.82) is 0 Å². The lowest BCUT2D eigenvalue weighted by atomic mass is 10.2. The Morgan fingerprint density at radius 1 is 0.524 bits per heavy atom. The maximum Gasteiger partial charge on any atom is 0.351 e. The number of halogens is 2. The van der Waals surface area contributed by atoms with Gasteiger partial charge in [0.05, 0.1) is 26.4 Å². The van der Waals surface area contributed by atoms with Gasteiger partial charge in [0, 0.05) is 63.5 Å². The van der Waals surface area contributed by atoms with Crippen molar-refractivity contribution in [3.05, 3.63) is 59.7 Å². The summed E-state index contributed by atoms with van der Waals surface area (Å²) in [6, 6.07) is 16.1. The van der Waals surface area contributed by atoms with E-state index in [9.17, 15) is 0 Å². The quantitative estimate of drug-likeness (QED) is 0.295. The lowest BCUT2D eigenvalue weighted by molar-refractivity contribution is 0.0569. The largest absolute Gasteiger partial charge is 0.430 e. The lowest BCUT2D eigenvalue weighted by Crippen LogP contribution is -2.42. The summed E-state index contributed by atoms with van der Waals surface area (Å²) in [5.41, 5.74) is 2.07. The van der Waals surface area contributed by atoms with E-state index in [1.165, 1.54) is 0 Å². The van der Waals surface area contributed by atoms with E-state index in [4.69, 9.17) is 59.1 Å². The molecule has 0 radical (unpaired) electrons. The molecule has 6 aliphatic rings. The molecule has 3 saturated heterocycles. The highest BCUT2D eigenvalue weighted by atomic mass is 35.7. The van der Waals surface area contributed by atoms with Gasteiger partial charge in [0.2, 0.25) is 15.0 Å². The van der Waals surface area contributed by atoms with Gasteiger partial charge >= 0.3 is 13.6 Å². The van der Waals surface area contributed by atoms with Gasteiger partial charge in [-0.3, -0.25) is 0 Å². The topological polar surface area (TPSA) is 99.3 Å². The summed E-state index contributed by atoms with van der Waals surface area (Å²) in [7, 11) is -5.96. The number of morpholine rings is 2. The SMILES string of the molecule is ClP12=NP34=NP(Cl)(=NP(N5CCOCC5)(N5CCOCC5)=N1)Oc1ccccc1CN3CCN4Cc1ccccc1O2. The smallest absolute Gasteiger partial charge is 0.351 e. The van der Waals surface area contributed by atoms with Gasteiger partial charge in [0.15, 0.2) is 0 Å². The van der Waals surface area contributed by atoms with Crippen LogP contribution in [0.25, 0.3) is 0 Å². The molecule has 0 aliphatic carbocycles. The van der Waals surface area contributed by atoms with Crippen molar-refractivity contribution in [2.45, 2.75) is 13.1 Å². The first-order valence-electron chi connectivity index (χ1n) is 14.1. The Balaban J connectivity index is 1.47. The molecule has 3 unspecified atom stereocenters. The van der Waals surface area contributed by atoms with E-state index in [1.54, 1.807) is 0 Å². The van der Waals surface area contributed by atoms with Crippen LogP contribution in [0.1, 0.15) is 11.1 Å². The molecule has 6 heterocycles. The predicted octanol–water partition coefficient (Wildman–Crippen LogP) is 7.73. The molecule has 0 aromatic heterocycles. The van der Waals surface area contributed by atoms with Crippen molar-refractivity contribution in [3.8, 4) is 11.5 Å². The van der Waals surface area contributed by atoms with E-state index in [0.717, 1.165) is 24.2 Å². The van der Waals surface area contributed by atoms with Crippen LogP contribution in [0, 0.1) is 0 Å². The minimum Gasteiger partial charge on any atom is -0.430 e. The van der Waals surface area contributed by atoms with E-state index in [2.05, 4.69) is 30.8 Å². The number of nitrogens with zero attached hydrogens (tertiary/aromatic N) is 8. The lowest BCUT2D eigenvalue weighted by Gasteiger charge is -2.46. The molecule has 0 amide bonds. The molecule has 3 fully saturated rings. The number of para-hydroxylation sites is 2. The van der Waals surface area contributed by atoms with Gasteiger partial charge in [-0.15, -0.1) is 0 Å². The molecule has 3 atom stereocenters. The van der Waals surface area contributed by atoms with Gasteiger partial charge in [-0.2, -0.15) is 18.1 Å².